The molecule has 2 fully saturated rings. The lowest BCUT2D eigenvalue weighted by molar-refractivity contribution is -0.433. The van der Waals surface area contributed by atoms with Crippen molar-refractivity contribution in [1.29, 1.82) is 0 Å². The van der Waals surface area contributed by atoms with Crippen LogP contribution in [-0.2, 0) is 57.0 Å². The standard InChI is InChI=1S/C50H69N3O14.HI/c1-8-53-34-20-18-28(24-39(55)52-26-36-42(59)44(61)46(63)48(65-7)67-36)22-33(34)50(4,5)37(53)15-12-14-31-29(13-10-9-11-16-40(56)57)30-19-17-27(21-32(30)49(31,2)3)23-38(54)51-25-35-41(58)43(60)45(62)47(64-6)66-35;/h12,14-15,17-22,29,35-36,41-48,58-63H,8-11,13,16,23-26H2,1-7H3,(H2-,51,52,54,55,56,57);1H. The van der Waals surface area contributed by atoms with E-state index in [4.69, 9.17) is 18.9 Å². The maximum absolute atomic E-state index is 13.2. The summed E-state index contributed by atoms with van der Waals surface area (Å²) < 4.78 is 23.6. The van der Waals surface area contributed by atoms with Crippen molar-refractivity contribution in [3.8, 4) is 0 Å². The number of halogens is 1. The lowest BCUT2D eigenvalue weighted by Crippen LogP contribution is -3.00. The molecule has 4 aliphatic rings. The third-order valence-electron chi connectivity index (χ3n) is 14.0. The first-order chi connectivity index (χ1) is 31.7. The van der Waals surface area contributed by atoms with Crippen molar-refractivity contribution in [1.82, 2.24) is 10.6 Å². The molecule has 17 nitrogen and oxygen atoms in total. The number of hydrogen-bond donors (Lipinski definition) is 9. The van der Waals surface area contributed by atoms with Gasteiger partial charge in [0.25, 0.3) is 0 Å². The van der Waals surface area contributed by atoms with Crippen LogP contribution in [0.15, 0.2) is 60.2 Å². The zero-order valence-corrected chi connectivity index (χ0v) is 42.1. The smallest absolute Gasteiger partial charge is 0.303 e. The number of aliphatic hydroxyl groups is 6. The predicted molar refractivity (Wildman–Crippen MR) is 246 cm³/mol. The lowest BCUT2D eigenvalue weighted by atomic mass is 9.79. The molecule has 0 aromatic heterocycles. The number of carboxylic acids is 1. The Hall–Kier alpha value is -3.67. The number of aliphatic hydroxyl groups excluding tert-OH is 6. The van der Waals surface area contributed by atoms with E-state index in [0.717, 1.165) is 58.5 Å². The highest BCUT2D eigenvalue weighted by atomic mass is 127. The van der Waals surface area contributed by atoms with Gasteiger partial charge in [0.15, 0.2) is 18.3 Å². The number of ether oxygens (including phenoxy) is 4. The summed E-state index contributed by atoms with van der Waals surface area (Å²) in [4.78, 5) is 37.6. The number of allylic oxidation sites excluding steroid dienone is 4. The summed E-state index contributed by atoms with van der Waals surface area (Å²) in [7, 11) is 2.63. The molecule has 11 atom stereocenters. The van der Waals surface area contributed by atoms with Gasteiger partial charge >= 0.3 is 5.97 Å². The van der Waals surface area contributed by atoms with Gasteiger partial charge in [-0.15, -0.1) is 0 Å². The maximum atomic E-state index is 13.2. The molecule has 2 saturated heterocycles. The Labute approximate surface area is 415 Å². The number of rotatable bonds is 19. The van der Waals surface area contributed by atoms with Crippen LogP contribution in [0.3, 0.4) is 0 Å². The molecular formula is C50H70IN3O14. The van der Waals surface area contributed by atoms with Crippen molar-refractivity contribution < 1.29 is 97.6 Å². The van der Waals surface area contributed by atoms with E-state index in [2.05, 4.69) is 86.3 Å². The molecule has 3 heterocycles. The van der Waals surface area contributed by atoms with Crippen LogP contribution in [0.5, 0.6) is 0 Å². The summed E-state index contributed by atoms with van der Waals surface area (Å²) in [5.74, 6) is -1.36. The molecular weight excluding hydrogens is 993 g/mol. The minimum absolute atomic E-state index is 0. The van der Waals surface area contributed by atoms with Crippen molar-refractivity contribution in [3.05, 3.63) is 88.0 Å². The number of aliphatic carboxylic acids is 1. The number of carbonyl (C=O) groups is 3. The minimum Gasteiger partial charge on any atom is -1.00 e. The second-order valence-electron chi connectivity index (χ2n) is 19.1. The number of methoxy groups -OCH3 is 2. The summed E-state index contributed by atoms with van der Waals surface area (Å²) in [6, 6.07) is 12.1. The largest absolute Gasteiger partial charge is 1.00 e. The SMILES string of the molecule is CC[N+]1=C(C=CC=C2C(CCCCCC(=O)O)c3ccc(CC(=O)NCC4OC(OC)C(O)C(O)C4O)cc3C2(C)C)C(C)(C)c2cc(CC(=O)NCC3OC(OC)C(O)C(O)C3O)ccc21.[I-]. The first-order valence-corrected chi connectivity index (χ1v) is 23.3. The van der Waals surface area contributed by atoms with E-state index in [1.807, 2.05) is 18.2 Å². The molecule has 0 bridgehead atoms. The third-order valence-corrected chi connectivity index (χ3v) is 14.0. The fourth-order valence-corrected chi connectivity index (χ4v) is 10.2. The predicted octanol–water partition coefficient (Wildman–Crippen LogP) is -1.10. The van der Waals surface area contributed by atoms with Gasteiger partial charge in [-0.25, -0.2) is 0 Å². The number of hydrogen-bond acceptors (Lipinski definition) is 13. The van der Waals surface area contributed by atoms with Gasteiger partial charge in [-0.3, -0.25) is 14.4 Å². The van der Waals surface area contributed by atoms with Gasteiger partial charge in [-0.2, -0.15) is 4.58 Å². The Balaban J connectivity index is 0.00000864. The molecule has 0 radical (unpaired) electrons. The monoisotopic (exact) mass is 1060 g/mol. The van der Waals surface area contributed by atoms with E-state index in [1.165, 1.54) is 19.8 Å². The van der Waals surface area contributed by atoms with Crippen molar-refractivity contribution in [3.63, 3.8) is 0 Å². The molecule has 11 unspecified atom stereocenters. The molecule has 68 heavy (non-hydrogen) atoms. The number of amides is 2. The summed E-state index contributed by atoms with van der Waals surface area (Å²) in [6.45, 7) is 11.3. The first kappa shape index (κ1) is 55.3. The summed E-state index contributed by atoms with van der Waals surface area (Å²) in [5, 5.41) is 76.4. The number of carbonyl (C=O) groups excluding carboxylic acids is 2. The topological polar surface area (TPSA) is 257 Å². The number of unbranched alkanes of at least 4 members (excludes halogenated alkanes) is 2. The first-order valence-electron chi connectivity index (χ1n) is 23.3. The second-order valence-corrected chi connectivity index (χ2v) is 19.1. The zero-order valence-electron chi connectivity index (χ0n) is 39.9. The highest BCUT2D eigenvalue weighted by Crippen LogP contribution is 2.52. The average molecular weight is 1060 g/mol. The number of benzene rings is 2. The zero-order chi connectivity index (χ0) is 49.0. The Kier molecular flexibility index (Phi) is 19.1. The molecule has 2 aromatic carbocycles. The molecule has 376 valence electrons. The van der Waals surface area contributed by atoms with Crippen molar-refractivity contribution in [2.75, 3.05) is 33.9 Å². The second kappa shape index (κ2) is 23.5. The fraction of sp³-hybridized carbons (Fsp3) is 0.600. The van der Waals surface area contributed by atoms with Crippen LogP contribution in [0.25, 0.3) is 0 Å². The van der Waals surface area contributed by atoms with Gasteiger partial charge in [-0.05, 0) is 61.9 Å². The van der Waals surface area contributed by atoms with Crippen LogP contribution >= 0.6 is 0 Å². The van der Waals surface area contributed by atoms with Gasteiger partial charge in [0.1, 0.15) is 55.4 Å². The average Bonchev–Trinajstić information content (AvgIpc) is 3.63. The molecule has 6 rings (SSSR count). The van der Waals surface area contributed by atoms with E-state index in [1.54, 1.807) is 0 Å². The minimum atomic E-state index is -1.50. The highest BCUT2D eigenvalue weighted by molar-refractivity contribution is 6.03. The quantitative estimate of drug-likeness (QED) is 0.0461. The molecule has 0 saturated carbocycles. The molecule has 9 N–H and O–H groups in total. The van der Waals surface area contributed by atoms with Crippen LogP contribution in [0.1, 0.15) is 100 Å². The molecule has 18 heteroatoms. The summed E-state index contributed by atoms with van der Waals surface area (Å²) >= 11 is 0. The van der Waals surface area contributed by atoms with Gasteiger partial charge in [0.05, 0.1) is 18.3 Å². The van der Waals surface area contributed by atoms with Crippen LogP contribution in [0.2, 0.25) is 0 Å². The summed E-state index contributed by atoms with van der Waals surface area (Å²) in [5.41, 5.74) is 7.41. The van der Waals surface area contributed by atoms with E-state index in [0.29, 0.717) is 13.0 Å². The van der Waals surface area contributed by atoms with Crippen LogP contribution in [-0.4, -0.2) is 159 Å². The van der Waals surface area contributed by atoms with Crippen molar-refractivity contribution >= 4 is 29.2 Å². The van der Waals surface area contributed by atoms with E-state index in [-0.39, 0.29) is 74.1 Å². The van der Waals surface area contributed by atoms with Gasteiger partial charge in [-0.1, -0.05) is 68.7 Å². The van der Waals surface area contributed by atoms with Crippen molar-refractivity contribution in [2.45, 2.75) is 158 Å². The van der Waals surface area contributed by atoms with E-state index in [9.17, 15) is 50.1 Å². The molecule has 2 aromatic rings. The van der Waals surface area contributed by atoms with Gasteiger partial charge < -0.3 is 89.3 Å². The number of carboxylic acid groups (broad SMARTS) is 1. The van der Waals surface area contributed by atoms with E-state index >= 15 is 0 Å². The Bertz CT molecular complexity index is 2210. The Morgan fingerprint density at radius 1 is 0.721 bits per heavy atom. The van der Waals surface area contributed by atoms with E-state index < -0.39 is 78.2 Å². The van der Waals surface area contributed by atoms with Crippen LogP contribution < -0.4 is 34.6 Å². The molecule has 2 amide bonds. The Morgan fingerprint density at radius 3 is 1.76 bits per heavy atom. The Morgan fingerprint density at radius 2 is 1.25 bits per heavy atom. The highest BCUT2D eigenvalue weighted by Gasteiger charge is 2.47. The summed E-state index contributed by atoms with van der Waals surface area (Å²) in [6.07, 6.45) is -3.22. The van der Waals surface area contributed by atoms with Crippen molar-refractivity contribution in [2.24, 2.45) is 0 Å². The molecule has 3 aliphatic heterocycles. The van der Waals surface area contributed by atoms with Crippen LogP contribution in [0.4, 0.5) is 5.69 Å². The molecule has 1 aliphatic carbocycles. The maximum Gasteiger partial charge on any atom is 0.303 e. The third kappa shape index (κ3) is 11.9. The number of fused-ring (bicyclic) bond motifs is 2. The lowest BCUT2D eigenvalue weighted by Gasteiger charge is -2.39. The number of nitrogens with zero attached hydrogens (tertiary/aromatic N) is 1. The number of nitrogens with one attached hydrogen (secondary N) is 2. The molecule has 0 spiro atoms. The normalized spacial score (nSPS) is 30.0. The fourth-order valence-electron chi connectivity index (χ4n) is 10.2. The van der Waals surface area contributed by atoms with Gasteiger partial charge in [0.2, 0.25) is 17.5 Å². The van der Waals surface area contributed by atoms with Crippen LogP contribution in [0, 0.1) is 0 Å². The van der Waals surface area contributed by atoms with Gasteiger partial charge in [0, 0.05) is 62.8 Å².